The van der Waals surface area contributed by atoms with Gasteiger partial charge in [-0.3, -0.25) is 13.9 Å². The van der Waals surface area contributed by atoms with Crippen LogP contribution in [0.3, 0.4) is 0 Å². The Hall–Kier alpha value is -3.03. The highest BCUT2D eigenvalue weighted by molar-refractivity contribution is 5.91. The van der Waals surface area contributed by atoms with Crippen LogP contribution in [0.15, 0.2) is 34.2 Å². The van der Waals surface area contributed by atoms with Gasteiger partial charge in [0.25, 0.3) is 5.56 Å². The van der Waals surface area contributed by atoms with Crippen molar-refractivity contribution < 1.29 is 0 Å². The molecule has 8 nitrogen and oxygen atoms in total. The highest BCUT2D eigenvalue weighted by Crippen LogP contribution is 2.25. The summed E-state index contributed by atoms with van der Waals surface area (Å²) in [6.45, 7) is 1.96. The van der Waals surface area contributed by atoms with Crippen LogP contribution in [0.4, 0.5) is 11.6 Å². The van der Waals surface area contributed by atoms with E-state index in [4.69, 9.17) is 0 Å². The van der Waals surface area contributed by atoms with Crippen LogP contribution in [0.1, 0.15) is 12.5 Å². The molecule has 3 rings (SSSR count). The SMILES string of the molecule is CCc1cnc2c(c1Nc1ncccn1)c(=O)n(C)c(=O)n2C. The van der Waals surface area contributed by atoms with Crippen molar-refractivity contribution in [2.75, 3.05) is 5.32 Å². The quantitative estimate of drug-likeness (QED) is 0.766. The minimum absolute atomic E-state index is 0.328. The van der Waals surface area contributed by atoms with Crippen molar-refractivity contribution in [2.24, 2.45) is 14.1 Å². The van der Waals surface area contributed by atoms with Gasteiger partial charge in [-0.25, -0.2) is 19.7 Å². The Morgan fingerprint density at radius 3 is 2.43 bits per heavy atom. The molecule has 0 radical (unpaired) electrons. The maximum atomic E-state index is 12.6. The van der Waals surface area contributed by atoms with Crippen LogP contribution in [0, 0.1) is 0 Å². The molecule has 0 saturated heterocycles. The van der Waals surface area contributed by atoms with Gasteiger partial charge in [-0.1, -0.05) is 6.92 Å². The molecule has 0 bridgehead atoms. The maximum absolute atomic E-state index is 12.6. The van der Waals surface area contributed by atoms with E-state index in [9.17, 15) is 9.59 Å². The normalized spacial score (nSPS) is 10.9. The number of hydrogen-bond acceptors (Lipinski definition) is 6. The van der Waals surface area contributed by atoms with Gasteiger partial charge in [0.2, 0.25) is 5.95 Å². The standard InChI is InChI=1S/C15H16N6O2/c1-4-9-8-18-12-10(13(22)21(3)15(23)20(12)2)11(9)19-14-16-6-5-7-17-14/h5-8H,4H2,1-3H3,(H,16,17,18,19). The van der Waals surface area contributed by atoms with Crippen LogP contribution in [0.25, 0.3) is 11.0 Å². The molecule has 0 atom stereocenters. The van der Waals surface area contributed by atoms with E-state index in [-0.39, 0.29) is 0 Å². The lowest BCUT2D eigenvalue weighted by atomic mass is 10.1. The Labute approximate surface area is 131 Å². The summed E-state index contributed by atoms with van der Waals surface area (Å²) in [6, 6.07) is 1.71. The third kappa shape index (κ3) is 2.37. The van der Waals surface area contributed by atoms with Crippen molar-refractivity contribution in [3.8, 4) is 0 Å². The molecule has 0 aromatic carbocycles. The van der Waals surface area contributed by atoms with Crippen LogP contribution in [-0.2, 0) is 20.5 Å². The molecule has 0 aliphatic carbocycles. The van der Waals surface area contributed by atoms with Gasteiger partial charge >= 0.3 is 5.69 Å². The van der Waals surface area contributed by atoms with Crippen molar-refractivity contribution >= 4 is 22.7 Å². The van der Waals surface area contributed by atoms with E-state index in [1.165, 1.54) is 11.6 Å². The number of aromatic nitrogens is 5. The summed E-state index contributed by atoms with van der Waals surface area (Å²) in [6.07, 6.45) is 5.55. The maximum Gasteiger partial charge on any atom is 0.332 e. The van der Waals surface area contributed by atoms with Gasteiger partial charge in [-0.15, -0.1) is 0 Å². The number of fused-ring (bicyclic) bond motifs is 1. The summed E-state index contributed by atoms with van der Waals surface area (Å²) < 4.78 is 2.42. The molecular weight excluding hydrogens is 296 g/mol. The van der Waals surface area contributed by atoms with Crippen LogP contribution in [-0.4, -0.2) is 24.1 Å². The van der Waals surface area contributed by atoms with Crippen LogP contribution in [0.2, 0.25) is 0 Å². The first-order valence-electron chi connectivity index (χ1n) is 7.16. The largest absolute Gasteiger partial charge is 0.332 e. The number of nitrogens with zero attached hydrogens (tertiary/aromatic N) is 5. The fourth-order valence-corrected chi connectivity index (χ4v) is 2.45. The molecule has 118 valence electrons. The third-order valence-corrected chi connectivity index (χ3v) is 3.73. The first-order chi connectivity index (χ1) is 11.0. The van der Waals surface area contributed by atoms with Gasteiger partial charge in [0.15, 0.2) is 5.65 Å². The molecule has 3 aromatic rings. The highest BCUT2D eigenvalue weighted by Gasteiger charge is 2.17. The zero-order valence-corrected chi connectivity index (χ0v) is 13.1. The number of hydrogen-bond donors (Lipinski definition) is 1. The van der Waals surface area contributed by atoms with Gasteiger partial charge in [-0.2, -0.15) is 0 Å². The Balaban J connectivity index is 2.38. The van der Waals surface area contributed by atoms with Gasteiger partial charge in [0, 0.05) is 32.7 Å². The fourth-order valence-electron chi connectivity index (χ4n) is 2.45. The topological polar surface area (TPSA) is 94.7 Å². The van der Waals surface area contributed by atoms with E-state index in [1.54, 1.807) is 31.7 Å². The second-order valence-corrected chi connectivity index (χ2v) is 5.11. The number of pyridine rings is 1. The Morgan fingerprint density at radius 2 is 1.78 bits per heavy atom. The van der Waals surface area contributed by atoms with E-state index in [2.05, 4.69) is 20.3 Å². The predicted molar refractivity (Wildman–Crippen MR) is 86.9 cm³/mol. The molecular formula is C15H16N6O2. The third-order valence-electron chi connectivity index (χ3n) is 3.73. The Morgan fingerprint density at radius 1 is 1.09 bits per heavy atom. The number of nitrogens with one attached hydrogen (secondary N) is 1. The summed E-state index contributed by atoms with van der Waals surface area (Å²) in [5.74, 6) is 0.380. The fraction of sp³-hybridized carbons (Fsp3) is 0.267. The van der Waals surface area contributed by atoms with Crippen molar-refractivity contribution in [2.45, 2.75) is 13.3 Å². The van der Waals surface area contributed by atoms with E-state index >= 15 is 0 Å². The molecule has 0 saturated carbocycles. The van der Waals surface area contributed by atoms with Gasteiger partial charge < -0.3 is 5.32 Å². The number of aryl methyl sites for hydroxylation is 2. The molecule has 0 spiro atoms. The Bertz CT molecular complexity index is 991. The van der Waals surface area contributed by atoms with Gasteiger partial charge in [-0.05, 0) is 18.1 Å². The van der Waals surface area contributed by atoms with Gasteiger partial charge in [0.05, 0.1) is 5.69 Å². The number of anilines is 2. The van der Waals surface area contributed by atoms with E-state index in [0.29, 0.717) is 29.1 Å². The van der Waals surface area contributed by atoms with E-state index in [1.807, 2.05) is 6.92 Å². The number of rotatable bonds is 3. The summed E-state index contributed by atoms with van der Waals surface area (Å²) in [5.41, 5.74) is 0.944. The lowest BCUT2D eigenvalue weighted by Gasteiger charge is -2.14. The van der Waals surface area contributed by atoms with E-state index < -0.39 is 11.2 Å². The lowest BCUT2D eigenvalue weighted by Crippen LogP contribution is -2.37. The smallest absolute Gasteiger partial charge is 0.323 e. The second kappa shape index (κ2) is 5.64. The highest BCUT2D eigenvalue weighted by atomic mass is 16.2. The molecule has 0 unspecified atom stereocenters. The monoisotopic (exact) mass is 312 g/mol. The molecule has 0 amide bonds. The molecule has 0 aliphatic heterocycles. The molecule has 1 N–H and O–H groups in total. The molecule has 8 heteroatoms. The molecule has 0 fully saturated rings. The summed E-state index contributed by atoms with van der Waals surface area (Å²) in [5, 5.41) is 3.44. The summed E-state index contributed by atoms with van der Waals surface area (Å²) >= 11 is 0. The summed E-state index contributed by atoms with van der Waals surface area (Å²) in [4.78, 5) is 37.2. The van der Waals surface area contributed by atoms with Crippen LogP contribution in [0.5, 0.6) is 0 Å². The molecule has 23 heavy (non-hydrogen) atoms. The zero-order valence-electron chi connectivity index (χ0n) is 13.1. The first-order valence-corrected chi connectivity index (χ1v) is 7.16. The molecule has 0 aliphatic rings. The summed E-state index contributed by atoms with van der Waals surface area (Å²) in [7, 11) is 3.04. The molecule has 3 aromatic heterocycles. The lowest BCUT2D eigenvalue weighted by molar-refractivity contribution is 0.707. The van der Waals surface area contributed by atoms with Crippen molar-refractivity contribution in [3.05, 3.63) is 51.1 Å². The van der Waals surface area contributed by atoms with Crippen LogP contribution >= 0.6 is 0 Å². The minimum atomic E-state index is -0.416. The Kier molecular flexibility index (Phi) is 3.65. The van der Waals surface area contributed by atoms with E-state index in [0.717, 1.165) is 10.1 Å². The second-order valence-electron chi connectivity index (χ2n) is 5.11. The van der Waals surface area contributed by atoms with Crippen LogP contribution < -0.4 is 16.6 Å². The predicted octanol–water partition coefficient (Wildman–Crippen LogP) is 0.728. The average Bonchev–Trinajstić information content (AvgIpc) is 2.58. The average molecular weight is 312 g/mol. The zero-order chi connectivity index (χ0) is 16.6. The van der Waals surface area contributed by atoms with Crippen molar-refractivity contribution in [3.63, 3.8) is 0 Å². The van der Waals surface area contributed by atoms with Gasteiger partial charge in [0.1, 0.15) is 5.39 Å². The first kappa shape index (κ1) is 14.9. The minimum Gasteiger partial charge on any atom is -0.323 e. The molecule has 3 heterocycles. The van der Waals surface area contributed by atoms with Crippen molar-refractivity contribution in [1.29, 1.82) is 0 Å². The van der Waals surface area contributed by atoms with Crippen molar-refractivity contribution in [1.82, 2.24) is 24.1 Å².